The fourth-order valence-electron chi connectivity index (χ4n) is 1.75. The predicted octanol–water partition coefficient (Wildman–Crippen LogP) is 2.66. The Bertz CT molecular complexity index is 402. The second kappa shape index (κ2) is 6.13. The third kappa shape index (κ3) is 3.66. The second-order valence-electron chi connectivity index (χ2n) is 4.18. The number of hydrogen-bond acceptors (Lipinski definition) is 3. The van der Waals surface area contributed by atoms with Gasteiger partial charge in [0.05, 0.1) is 6.10 Å². The third-order valence-electron chi connectivity index (χ3n) is 2.61. The Kier molecular flexibility index (Phi) is 4.82. The predicted molar refractivity (Wildman–Crippen MR) is 68.7 cm³/mol. The largest absolute Gasteiger partial charge is 0.491 e. The molecule has 4 nitrogen and oxygen atoms in total. The van der Waals surface area contributed by atoms with Crippen molar-refractivity contribution in [2.45, 2.75) is 39.7 Å². The van der Waals surface area contributed by atoms with Crippen LogP contribution >= 0.6 is 0 Å². The van der Waals surface area contributed by atoms with Crippen LogP contribution in [0.3, 0.4) is 0 Å². The molecule has 0 radical (unpaired) electrons. The van der Waals surface area contributed by atoms with E-state index in [0.29, 0.717) is 0 Å². The summed E-state index contributed by atoms with van der Waals surface area (Å²) < 4.78 is 5.76. The van der Waals surface area contributed by atoms with Gasteiger partial charge < -0.3 is 15.7 Å². The van der Waals surface area contributed by atoms with Gasteiger partial charge in [-0.1, -0.05) is 18.5 Å². The van der Waals surface area contributed by atoms with Crippen molar-refractivity contribution in [2.75, 3.05) is 0 Å². The molecule has 0 aliphatic rings. The molecule has 94 valence electrons. The summed E-state index contributed by atoms with van der Waals surface area (Å²) in [4.78, 5) is 0. The molecule has 1 aromatic rings. The molecule has 3 N–H and O–H groups in total. The van der Waals surface area contributed by atoms with Crippen molar-refractivity contribution in [3.8, 4) is 5.75 Å². The highest BCUT2D eigenvalue weighted by Gasteiger charge is 2.07. The Morgan fingerprint density at radius 2 is 2.24 bits per heavy atom. The first-order valence-corrected chi connectivity index (χ1v) is 5.83. The number of hydrogen-bond donors (Lipinski definition) is 2. The summed E-state index contributed by atoms with van der Waals surface area (Å²) in [5.74, 6) is 0.939. The zero-order valence-electron chi connectivity index (χ0n) is 10.6. The van der Waals surface area contributed by atoms with Crippen LogP contribution in [0.2, 0.25) is 0 Å². The lowest BCUT2D eigenvalue weighted by Crippen LogP contribution is -2.15. The molecule has 0 saturated heterocycles. The lowest BCUT2D eigenvalue weighted by Gasteiger charge is -2.15. The highest BCUT2D eigenvalue weighted by atomic mass is 16.5. The molecule has 1 rings (SSSR count). The van der Waals surface area contributed by atoms with Crippen molar-refractivity contribution < 1.29 is 9.94 Å². The first kappa shape index (κ1) is 13.4. The van der Waals surface area contributed by atoms with Crippen molar-refractivity contribution in [3.05, 3.63) is 29.3 Å². The van der Waals surface area contributed by atoms with Crippen LogP contribution in [-0.2, 0) is 0 Å². The maximum Gasteiger partial charge on any atom is 0.170 e. The van der Waals surface area contributed by atoms with Crippen LogP contribution in [0.1, 0.15) is 37.8 Å². The molecule has 1 atom stereocenters. The minimum Gasteiger partial charge on any atom is -0.491 e. The summed E-state index contributed by atoms with van der Waals surface area (Å²) in [6.45, 7) is 6.09. The van der Waals surface area contributed by atoms with E-state index in [2.05, 4.69) is 19.0 Å². The van der Waals surface area contributed by atoms with Crippen LogP contribution in [0.4, 0.5) is 0 Å². The highest BCUT2D eigenvalue weighted by Crippen LogP contribution is 2.19. The lowest BCUT2D eigenvalue weighted by molar-refractivity contribution is 0.210. The topological polar surface area (TPSA) is 67.8 Å². The monoisotopic (exact) mass is 236 g/mol. The van der Waals surface area contributed by atoms with Gasteiger partial charge in [-0.3, -0.25) is 0 Å². The van der Waals surface area contributed by atoms with Crippen molar-refractivity contribution >= 4 is 5.84 Å². The van der Waals surface area contributed by atoms with Gasteiger partial charge in [0, 0.05) is 5.56 Å². The minimum atomic E-state index is 0.121. The summed E-state index contributed by atoms with van der Waals surface area (Å²) in [7, 11) is 0. The molecule has 1 unspecified atom stereocenters. The standard InChI is InChI=1S/C13H20N2O2/c1-4-5-10(3)17-11-6-7-12(9(2)8-11)13(14)15-16/h6-8,10,16H,4-5H2,1-3H3,(H2,14,15). The Morgan fingerprint density at radius 3 is 2.76 bits per heavy atom. The maximum absolute atomic E-state index is 8.63. The fourth-order valence-corrected chi connectivity index (χ4v) is 1.75. The first-order chi connectivity index (χ1) is 8.08. The Balaban J connectivity index is 2.82. The van der Waals surface area contributed by atoms with E-state index < -0.39 is 0 Å². The molecule has 0 aliphatic heterocycles. The molecule has 4 heteroatoms. The fraction of sp³-hybridized carbons (Fsp3) is 0.462. The molecule has 0 fully saturated rings. The molecule has 0 bridgehead atoms. The average molecular weight is 236 g/mol. The highest BCUT2D eigenvalue weighted by molar-refractivity contribution is 5.98. The van der Waals surface area contributed by atoms with E-state index >= 15 is 0 Å². The Hall–Kier alpha value is -1.71. The molecule has 0 aliphatic carbocycles. The number of amidine groups is 1. The smallest absolute Gasteiger partial charge is 0.170 e. The number of oxime groups is 1. The van der Waals surface area contributed by atoms with Crippen LogP contribution in [0, 0.1) is 6.92 Å². The molecule has 0 aromatic heterocycles. The number of benzene rings is 1. The van der Waals surface area contributed by atoms with E-state index in [1.807, 2.05) is 19.1 Å². The third-order valence-corrected chi connectivity index (χ3v) is 2.61. The summed E-state index contributed by atoms with van der Waals surface area (Å²) in [6.07, 6.45) is 2.33. The van der Waals surface area contributed by atoms with Crippen LogP contribution < -0.4 is 10.5 Å². The van der Waals surface area contributed by atoms with Crippen LogP contribution in [0.25, 0.3) is 0 Å². The number of aryl methyl sites for hydroxylation is 1. The van der Waals surface area contributed by atoms with Crippen LogP contribution in [-0.4, -0.2) is 17.1 Å². The van der Waals surface area contributed by atoms with Crippen LogP contribution in [0.5, 0.6) is 5.75 Å². The van der Waals surface area contributed by atoms with E-state index in [0.717, 1.165) is 29.7 Å². The Morgan fingerprint density at radius 1 is 1.53 bits per heavy atom. The zero-order valence-corrected chi connectivity index (χ0v) is 10.6. The number of rotatable bonds is 5. The molecule has 0 saturated carbocycles. The van der Waals surface area contributed by atoms with Crippen LogP contribution in [0.15, 0.2) is 23.4 Å². The van der Waals surface area contributed by atoms with Gasteiger partial charge >= 0.3 is 0 Å². The van der Waals surface area contributed by atoms with E-state index in [4.69, 9.17) is 15.7 Å². The van der Waals surface area contributed by atoms with Gasteiger partial charge in [-0.15, -0.1) is 0 Å². The van der Waals surface area contributed by atoms with E-state index in [1.165, 1.54) is 0 Å². The van der Waals surface area contributed by atoms with E-state index in [9.17, 15) is 0 Å². The number of nitrogens with two attached hydrogens (primary N) is 1. The second-order valence-corrected chi connectivity index (χ2v) is 4.18. The molecule has 17 heavy (non-hydrogen) atoms. The molecular weight excluding hydrogens is 216 g/mol. The number of ether oxygens (including phenoxy) is 1. The van der Waals surface area contributed by atoms with Gasteiger partial charge in [-0.05, 0) is 44.0 Å². The lowest BCUT2D eigenvalue weighted by atomic mass is 10.1. The van der Waals surface area contributed by atoms with Gasteiger partial charge in [0.1, 0.15) is 5.75 Å². The van der Waals surface area contributed by atoms with Crippen molar-refractivity contribution in [3.63, 3.8) is 0 Å². The van der Waals surface area contributed by atoms with Crippen molar-refractivity contribution in [2.24, 2.45) is 10.9 Å². The van der Waals surface area contributed by atoms with Crippen molar-refractivity contribution in [1.82, 2.24) is 0 Å². The Labute approximate surface area is 102 Å². The van der Waals surface area contributed by atoms with Gasteiger partial charge in [0.2, 0.25) is 0 Å². The first-order valence-electron chi connectivity index (χ1n) is 5.83. The van der Waals surface area contributed by atoms with Gasteiger partial charge in [-0.25, -0.2) is 0 Å². The summed E-state index contributed by atoms with van der Waals surface area (Å²) in [6, 6.07) is 5.55. The van der Waals surface area contributed by atoms with E-state index in [1.54, 1.807) is 6.07 Å². The van der Waals surface area contributed by atoms with Gasteiger partial charge in [0.15, 0.2) is 5.84 Å². The van der Waals surface area contributed by atoms with Gasteiger partial charge in [0.25, 0.3) is 0 Å². The molecule has 0 heterocycles. The molecular formula is C13H20N2O2. The normalized spacial score (nSPS) is 13.5. The summed E-state index contributed by atoms with van der Waals surface area (Å²) in [5.41, 5.74) is 7.21. The number of nitrogens with zero attached hydrogens (tertiary/aromatic N) is 1. The zero-order chi connectivity index (χ0) is 12.8. The minimum absolute atomic E-state index is 0.121. The average Bonchev–Trinajstić information content (AvgIpc) is 2.28. The van der Waals surface area contributed by atoms with Crippen molar-refractivity contribution in [1.29, 1.82) is 0 Å². The maximum atomic E-state index is 8.63. The molecule has 0 spiro atoms. The summed E-state index contributed by atoms with van der Waals surface area (Å²) in [5, 5.41) is 11.6. The quantitative estimate of drug-likeness (QED) is 0.357. The molecule has 0 amide bonds. The van der Waals surface area contributed by atoms with Gasteiger partial charge in [-0.2, -0.15) is 0 Å². The summed E-state index contributed by atoms with van der Waals surface area (Å²) >= 11 is 0. The van der Waals surface area contributed by atoms with E-state index in [-0.39, 0.29) is 11.9 Å². The molecule has 1 aromatic carbocycles. The SMILES string of the molecule is CCCC(C)Oc1ccc(/C(N)=N/O)c(C)c1.